The number of carboxylic acids is 1. The van der Waals surface area contributed by atoms with Crippen molar-refractivity contribution < 1.29 is 23.1 Å². The molecule has 1 aliphatic heterocycles. The predicted octanol–water partition coefficient (Wildman–Crippen LogP) is 4.95. The van der Waals surface area contributed by atoms with Gasteiger partial charge in [-0.2, -0.15) is 13.2 Å². The van der Waals surface area contributed by atoms with Crippen molar-refractivity contribution in [2.75, 3.05) is 13.1 Å². The highest BCUT2D eigenvalue weighted by Crippen LogP contribution is 2.39. The summed E-state index contributed by atoms with van der Waals surface area (Å²) in [6.45, 7) is 2.72. The maximum absolute atomic E-state index is 13.3. The molecule has 4 nitrogen and oxygen atoms in total. The molecule has 1 aliphatic rings. The topological polar surface area (TPSA) is 53.4 Å². The molecule has 8 heteroatoms. The van der Waals surface area contributed by atoms with Gasteiger partial charge in [-0.25, -0.2) is 0 Å². The van der Waals surface area contributed by atoms with Crippen molar-refractivity contribution in [1.82, 2.24) is 9.88 Å². The highest BCUT2D eigenvalue weighted by Gasteiger charge is 2.35. The number of carbonyl (C=O) groups is 1. The summed E-state index contributed by atoms with van der Waals surface area (Å²) in [6.07, 6.45) is -2.04. The van der Waals surface area contributed by atoms with Crippen LogP contribution in [0.5, 0.6) is 0 Å². The second-order valence-corrected chi connectivity index (χ2v) is 7.40. The van der Waals surface area contributed by atoms with Crippen LogP contribution in [-0.4, -0.2) is 34.0 Å². The molecule has 150 valence electrons. The zero-order valence-electron chi connectivity index (χ0n) is 15.2. The monoisotopic (exact) mass is 412 g/mol. The number of piperidine rings is 1. The fourth-order valence-electron chi connectivity index (χ4n) is 3.64. The van der Waals surface area contributed by atoms with Gasteiger partial charge in [0, 0.05) is 11.2 Å². The normalized spacial score (nSPS) is 17.5. The maximum atomic E-state index is 13.3. The van der Waals surface area contributed by atoms with Gasteiger partial charge in [0.15, 0.2) is 0 Å². The smallest absolute Gasteiger partial charge is 0.416 e. The third-order valence-electron chi connectivity index (χ3n) is 5.17. The van der Waals surface area contributed by atoms with Gasteiger partial charge in [0.2, 0.25) is 0 Å². The number of hydrogen-bond acceptors (Lipinski definition) is 3. The van der Waals surface area contributed by atoms with E-state index >= 15 is 0 Å². The van der Waals surface area contributed by atoms with Gasteiger partial charge in [-0.1, -0.05) is 17.7 Å². The summed E-state index contributed by atoms with van der Waals surface area (Å²) in [5, 5.41) is 9.46. The fourth-order valence-corrected chi connectivity index (χ4v) is 3.86. The predicted molar refractivity (Wildman–Crippen MR) is 99.2 cm³/mol. The average Bonchev–Trinajstić information content (AvgIpc) is 2.64. The summed E-state index contributed by atoms with van der Waals surface area (Å²) >= 11 is 6.33. The van der Waals surface area contributed by atoms with Crippen molar-refractivity contribution in [1.29, 1.82) is 0 Å². The molecule has 28 heavy (non-hydrogen) atoms. The molecular weight excluding hydrogens is 393 g/mol. The Labute approximate surface area is 166 Å². The van der Waals surface area contributed by atoms with Crippen LogP contribution < -0.4 is 0 Å². The first-order valence-corrected chi connectivity index (χ1v) is 9.31. The van der Waals surface area contributed by atoms with Crippen molar-refractivity contribution in [3.8, 4) is 0 Å². The minimum absolute atomic E-state index is 0.225. The van der Waals surface area contributed by atoms with E-state index in [2.05, 4.69) is 4.98 Å². The first kappa shape index (κ1) is 20.6. The van der Waals surface area contributed by atoms with Gasteiger partial charge in [0.25, 0.3) is 0 Å². The Hall–Kier alpha value is -2.12. The first-order chi connectivity index (χ1) is 13.2. The lowest BCUT2D eigenvalue weighted by Crippen LogP contribution is -2.40. The van der Waals surface area contributed by atoms with Crippen molar-refractivity contribution in [3.05, 3.63) is 63.9 Å². The number of carboxylic acid groups (broad SMARTS) is 1. The lowest BCUT2D eigenvalue weighted by molar-refractivity contribution is -0.143. The molecule has 2 aromatic rings. The number of aromatic nitrogens is 1. The van der Waals surface area contributed by atoms with Crippen LogP contribution in [-0.2, 0) is 11.0 Å². The summed E-state index contributed by atoms with van der Waals surface area (Å²) in [4.78, 5) is 17.6. The molecule has 1 atom stereocenters. The molecule has 3 rings (SSSR count). The van der Waals surface area contributed by atoms with E-state index in [-0.39, 0.29) is 5.02 Å². The van der Waals surface area contributed by atoms with Gasteiger partial charge in [0.05, 0.1) is 23.2 Å². The maximum Gasteiger partial charge on any atom is 0.416 e. The molecule has 1 saturated heterocycles. The molecule has 0 spiro atoms. The van der Waals surface area contributed by atoms with Crippen LogP contribution in [0.4, 0.5) is 13.2 Å². The van der Waals surface area contributed by atoms with E-state index < -0.39 is 29.7 Å². The second-order valence-electron chi connectivity index (χ2n) is 6.99. The van der Waals surface area contributed by atoms with Crippen LogP contribution in [0.1, 0.15) is 41.3 Å². The van der Waals surface area contributed by atoms with Crippen LogP contribution >= 0.6 is 11.6 Å². The number of alkyl halides is 3. The zero-order chi connectivity index (χ0) is 20.5. The van der Waals surface area contributed by atoms with Crippen LogP contribution in [0, 0.1) is 12.8 Å². The fraction of sp³-hybridized carbons (Fsp3) is 0.400. The van der Waals surface area contributed by atoms with Crippen molar-refractivity contribution in [3.63, 3.8) is 0 Å². The number of pyridine rings is 1. The van der Waals surface area contributed by atoms with E-state index in [0.29, 0.717) is 37.2 Å². The largest absolute Gasteiger partial charge is 0.481 e. The summed E-state index contributed by atoms with van der Waals surface area (Å²) in [5.74, 6) is -1.29. The summed E-state index contributed by atoms with van der Waals surface area (Å²) in [7, 11) is 0. The lowest BCUT2D eigenvalue weighted by Gasteiger charge is -2.37. The quantitative estimate of drug-likeness (QED) is 0.772. The van der Waals surface area contributed by atoms with Crippen molar-refractivity contribution >= 4 is 17.6 Å². The Morgan fingerprint density at radius 2 is 1.96 bits per heavy atom. The van der Waals surface area contributed by atoms with E-state index in [0.717, 1.165) is 17.7 Å². The number of nitrogens with zero attached hydrogens (tertiary/aromatic N) is 2. The van der Waals surface area contributed by atoms with Gasteiger partial charge < -0.3 is 5.11 Å². The highest BCUT2D eigenvalue weighted by molar-refractivity contribution is 6.31. The van der Waals surface area contributed by atoms with Gasteiger partial charge >= 0.3 is 12.1 Å². The summed E-state index contributed by atoms with van der Waals surface area (Å²) < 4.78 is 39.9. The Morgan fingerprint density at radius 1 is 1.29 bits per heavy atom. The third kappa shape index (κ3) is 4.31. The molecule has 0 radical (unpaired) electrons. The molecule has 1 N–H and O–H groups in total. The van der Waals surface area contributed by atoms with Crippen molar-refractivity contribution in [2.45, 2.75) is 32.0 Å². The average molecular weight is 413 g/mol. The van der Waals surface area contributed by atoms with E-state index in [1.165, 1.54) is 6.07 Å². The van der Waals surface area contributed by atoms with Gasteiger partial charge in [-0.15, -0.1) is 0 Å². The van der Waals surface area contributed by atoms with E-state index in [1.807, 2.05) is 17.9 Å². The Balaban J connectivity index is 2.06. The molecule has 1 fully saturated rings. The number of aryl methyl sites for hydroxylation is 1. The van der Waals surface area contributed by atoms with Gasteiger partial charge in [-0.3, -0.25) is 14.7 Å². The molecule has 0 saturated carbocycles. The zero-order valence-corrected chi connectivity index (χ0v) is 16.0. The molecule has 1 aromatic heterocycles. The minimum atomic E-state index is -4.49. The van der Waals surface area contributed by atoms with E-state index in [1.54, 1.807) is 12.3 Å². The molecule has 1 aromatic carbocycles. The van der Waals surface area contributed by atoms with Crippen LogP contribution in [0.15, 0.2) is 36.5 Å². The molecule has 2 heterocycles. The number of hydrogen-bond donors (Lipinski definition) is 1. The lowest BCUT2D eigenvalue weighted by atomic mass is 9.91. The Morgan fingerprint density at radius 3 is 2.54 bits per heavy atom. The summed E-state index contributed by atoms with van der Waals surface area (Å²) in [5.41, 5.74) is 1.01. The highest BCUT2D eigenvalue weighted by atomic mass is 35.5. The number of aliphatic carboxylic acids is 1. The van der Waals surface area contributed by atoms with E-state index in [9.17, 15) is 23.1 Å². The molecule has 0 bridgehead atoms. The van der Waals surface area contributed by atoms with Crippen LogP contribution in [0.3, 0.4) is 0 Å². The second kappa shape index (κ2) is 8.09. The number of likely N-dealkylation sites (tertiary alicyclic amines) is 1. The van der Waals surface area contributed by atoms with Crippen LogP contribution in [0.25, 0.3) is 0 Å². The number of rotatable bonds is 4. The van der Waals surface area contributed by atoms with Crippen molar-refractivity contribution in [2.24, 2.45) is 5.92 Å². The SMILES string of the molecule is Cc1cccnc1C(c1cc(C(F)(F)F)ccc1Cl)N1CCC(C(=O)O)CC1. The number of halogens is 4. The number of benzene rings is 1. The molecule has 1 unspecified atom stereocenters. The molecule has 0 aliphatic carbocycles. The van der Waals surface area contributed by atoms with E-state index in [4.69, 9.17) is 11.6 Å². The standard InChI is InChI=1S/C20H20ClF3N2O2/c1-12-3-2-8-25-17(12)18(26-9-6-13(7-10-26)19(27)28)15-11-14(20(22,23)24)4-5-16(15)21/h2-5,8,11,13,18H,6-7,9-10H2,1H3,(H,27,28). The summed E-state index contributed by atoms with van der Waals surface area (Å²) in [6, 6.07) is 6.33. The molecule has 0 amide bonds. The Bertz CT molecular complexity index is 865. The Kier molecular flexibility index (Phi) is 5.95. The third-order valence-corrected chi connectivity index (χ3v) is 5.51. The van der Waals surface area contributed by atoms with Crippen LogP contribution in [0.2, 0.25) is 5.02 Å². The first-order valence-electron chi connectivity index (χ1n) is 8.93. The van der Waals surface area contributed by atoms with Gasteiger partial charge in [-0.05, 0) is 68.2 Å². The van der Waals surface area contributed by atoms with Gasteiger partial charge in [0.1, 0.15) is 0 Å². The minimum Gasteiger partial charge on any atom is -0.481 e. The molecular formula is C20H20ClF3N2O2.